The Bertz CT molecular complexity index is 1120. The predicted molar refractivity (Wildman–Crippen MR) is 118 cm³/mol. The molecule has 152 valence electrons. The fraction of sp³-hybridized carbons (Fsp3) is 0.182. The van der Waals surface area contributed by atoms with Gasteiger partial charge in [0.25, 0.3) is 5.91 Å². The van der Waals surface area contributed by atoms with Crippen molar-refractivity contribution < 1.29 is 9.18 Å². The van der Waals surface area contributed by atoms with Crippen LogP contribution in [0.4, 0.5) is 10.1 Å². The lowest BCUT2D eigenvalue weighted by atomic mass is 9.89. The molecule has 0 spiro atoms. The summed E-state index contributed by atoms with van der Waals surface area (Å²) in [5.74, 6) is 0.0985. The van der Waals surface area contributed by atoms with Crippen molar-refractivity contribution in [3.63, 3.8) is 0 Å². The van der Waals surface area contributed by atoms with Crippen LogP contribution in [0.15, 0.2) is 66.2 Å². The number of anilines is 1. The number of nitrogens with two attached hydrogens (primary N) is 1. The monoisotopic (exact) mass is 421 g/mol. The van der Waals surface area contributed by atoms with Crippen LogP contribution in [0.5, 0.6) is 0 Å². The summed E-state index contributed by atoms with van der Waals surface area (Å²) in [7, 11) is 0. The van der Waals surface area contributed by atoms with Crippen LogP contribution >= 0.6 is 11.8 Å². The van der Waals surface area contributed by atoms with E-state index < -0.39 is 5.54 Å². The standard InChI is InChI=1S/C22H20FN5OS/c1-22(7-8-30-21(24)28-22)18-10-17(5-6-19(18)23)27-20(29)15-4-2-3-14(9-15)16-11-25-13-26-12-16/h2-6,9-13H,7-8H2,1H3,(H2,24,28)(H,27,29). The minimum Gasteiger partial charge on any atom is -0.379 e. The maximum Gasteiger partial charge on any atom is 0.255 e. The molecule has 30 heavy (non-hydrogen) atoms. The van der Waals surface area contributed by atoms with Crippen molar-refractivity contribution in [2.75, 3.05) is 11.1 Å². The van der Waals surface area contributed by atoms with Crippen molar-refractivity contribution >= 4 is 28.5 Å². The first kappa shape index (κ1) is 20.0. The quantitative estimate of drug-likeness (QED) is 0.658. The second-order valence-corrected chi connectivity index (χ2v) is 8.29. The molecule has 0 bridgehead atoms. The van der Waals surface area contributed by atoms with Gasteiger partial charge in [-0.2, -0.15) is 0 Å². The third kappa shape index (κ3) is 4.18. The lowest BCUT2D eigenvalue weighted by Gasteiger charge is -2.30. The van der Waals surface area contributed by atoms with E-state index in [1.165, 1.54) is 24.2 Å². The van der Waals surface area contributed by atoms with E-state index in [9.17, 15) is 9.18 Å². The number of nitrogens with one attached hydrogen (secondary N) is 1. The Kier molecular flexibility index (Phi) is 5.50. The van der Waals surface area contributed by atoms with Crippen LogP contribution in [0, 0.1) is 5.82 Å². The molecule has 1 amide bonds. The number of amides is 1. The molecule has 0 aliphatic carbocycles. The van der Waals surface area contributed by atoms with E-state index in [0.29, 0.717) is 28.4 Å². The van der Waals surface area contributed by atoms with Gasteiger partial charge >= 0.3 is 0 Å². The van der Waals surface area contributed by atoms with Crippen molar-refractivity contribution in [1.29, 1.82) is 0 Å². The summed E-state index contributed by atoms with van der Waals surface area (Å²) < 4.78 is 14.6. The Hall–Kier alpha value is -3.26. The van der Waals surface area contributed by atoms with E-state index >= 15 is 0 Å². The van der Waals surface area contributed by atoms with Crippen LogP contribution in [0.3, 0.4) is 0 Å². The minimum absolute atomic E-state index is 0.293. The average molecular weight is 422 g/mol. The molecule has 3 N–H and O–H groups in total. The number of carbonyl (C=O) groups excluding carboxylic acids is 1. The van der Waals surface area contributed by atoms with Gasteiger partial charge < -0.3 is 11.1 Å². The summed E-state index contributed by atoms with van der Waals surface area (Å²) in [6.45, 7) is 1.86. The first-order valence-electron chi connectivity index (χ1n) is 9.39. The zero-order valence-electron chi connectivity index (χ0n) is 16.3. The maximum atomic E-state index is 14.6. The van der Waals surface area contributed by atoms with Crippen LogP contribution < -0.4 is 11.1 Å². The van der Waals surface area contributed by atoms with Gasteiger partial charge in [0.05, 0.1) is 5.54 Å². The Morgan fingerprint density at radius 2 is 1.97 bits per heavy atom. The maximum absolute atomic E-state index is 14.6. The zero-order valence-corrected chi connectivity index (χ0v) is 17.1. The number of carbonyl (C=O) groups is 1. The van der Waals surface area contributed by atoms with Gasteiger partial charge in [-0.05, 0) is 49.2 Å². The third-order valence-corrected chi connectivity index (χ3v) is 5.81. The van der Waals surface area contributed by atoms with E-state index in [4.69, 9.17) is 5.73 Å². The summed E-state index contributed by atoms with van der Waals surface area (Å²) in [5, 5.41) is 3.29. The van der Waals surface area contributed by atoms with Crippen molar-refractivity contribution in [2.24, 2.45) is 10.7 Å². The van der Waals surface area contributed by atoms with E-state index in [2.05, 4.69) is 20.3 Å². The van der Waals surface area contributed by atoms with Crippen molar-refractivity contribution in [3.8, 4) is 11.1 Å². The predicted octanol–water partition coefficient (Wildman–Crippen LogP) is 4.20. The van der Waals surface area contributed by atoms with E-state index in [1.54, 1.807) is 42.7 Å². The molecule has 0 saturated carbocycles. The normalized spacial score (nSPS) is 18.5. The van der Waals surface area contributed by atoms with Crippen LogP contribution in [-0.2, 0) is 5.54 Å². The van der Waals surface area contributed by atoms with Gasteiger partial charge in [-0.1, -0.05) is 23.9 Å². The number of hydrogen-bond acceptors (Lipinski definition) is 6. The molecule has 0 fully saturated rings. The molecule has 1 aliphatic rings. The first-order valence-corrected chi connectivity index (χ1v) is 10.4. The highest BCUT2D eigenvalue weighted by molar-refractivity contribution is 8.13. The molecular formula is C22H20FN5OS. The topological polar surface area (TPSA) is 93.3 Å². The van der Waals surface area contributed by atoms with Crippen molar-refractivity contribution in [2.45, 2.75) is 18.9 Å². The summed E-state index contributed by atoms with van der Waals surface area (Å²) >= 11 is 1.46. The van der Waals surface area contributed by atoms with Gasteiger partial charge in [-0.15, -0.1) is 0 Å². The molecule has 0 radical (unpaired) electrons. The number of rotatable bonds is 4. The number of halogens is 1. The lowest BCUT2D eigenvalue weighted by molar-refractivity contribution is 0.102. The molecule has 0 saturated heterocycles. The van der Waals surface area contributed by atoms with E-state index in [0.717, 1.165) is 16.9 Å². The van der Waals surface area contributed by atoms with Crippen molar-refractivity contribution in [3.05, 3.63) is 78.1 Å². The molecule has 1 atom stereocenters. The van der Waals surface area contributed by atoms with Gasteiger partial charge in [0.15, 0.2) is 5.17 Å². The van der Waals surface area contributed by atoms with Crippen LogP contribution in [0.2, 0.25) is 0 Å². The fourth-order valence-corrected chi connectivity index (χ4v) is 4.36. The average Bonchev–Trinajstić information content (AvgIpc) is 2.75. The number of amidine groups is 1. The molecule has 1 aromatic heterocycles. The minimum atomic E-state index is -0.757. The second kappa shape index (κ2) is 8.23. The molecular weight excluding hydrogens is 401 g/mol. The highest BCUT2D eigenvalue weighted by Gasteiger charge is 2.32. The number of thioether (sulfide) groups is 1. The number of aromatic nitrogens is 2. The summed E-state index contributed by atoms with van der Waals surface area (Å²) in [4.78, 5) is 25.3. The van der Waals surface area contributed by atoms with Crippen LogP contribution in [0.1, 0.15) is 29.3 Å². The number of benzene rings is 2. The van der Waals surface area contributed by atoms with E-state index in [1.807, 2.05) is 13.0 Å². The molecule has 1 aliphatic heterocycles. The summed E-state index contributed by atoms with van der Waals surface area (Å²) in [5.41, 5.74) is 8.15. The highest BCUT2D eigenvalue weighted by atomic mass is 32.2. The summed E-state index contributed by atoms with van der Waals surface area (Å²) in [6.07, 6.45) is 5.49. The van der Waals surface area contributed by atoms with Gasteiger partial charge in [0.1, 0.15) is 12.1 Å². The fourth-order valence-electron chi connectivity index (χ4n) is 3.39. The molecule has 3 aromatic rings. The Labute approximate surface area is 177 Å². The largest absolute Gasteiger partial charge is 0.379 e. The van der Waals surface area contributed by atoms with Gasteiger partial charge in [-0.3, -0.25) is 9.79 Å². The van der Waals surface area contributed by atoms with Gasteiger partial charge in [0, 0.05) is 40.5 Å². The molecule has 6 nitrogen and oxygen atoms in total. The Morgan fingerprint density at radius 3 is 2.73 bits per heavy atom. The van der Waals surface area contributed by atoms with Gasteiger partial charge in [-0.25, -0.2) is 14.4 Å². The number of nitrogens with zero attached hydrogens (tertiary/aromatic N) is 3. The molecule has 2 aromatic carbocycles. The van der Waals surface area contributed by atoms with Crippen LogP contribution in [-0.4, -0.2) is 26.8 Å². The van der Waals surface area contributed by atoms with E-state index in [-0.39, 0.29) is 11.7 Å². The summed E-state index contributed by atoms with van der Waals surface area (Å²) in [6, 6.07) is 11.7. The first-order chi connectivity index (χ1) is 14.4. The Morgan fingerprint density at radius 1 is 1.17 bits per heavy atom. The van der Waals surface area contributed by atoms with Crippen molar-refractivity contribution in [1.82, 2.24) is 9.97 Å². The van der Waals surface area contributed by atoms with Gasteiger partial charge in [0.2, 0.25) is 0 Å². The molecule has 8 heteroatoms. The SMILES string of the molecule is CC1(c2cc(NC(=O)c3cccc(-c4cncnc4)c3)ccc2F)CCSC(N)=N1. The number of hydrogen-bond donors (Lipinski definition) is 2. The zero-order chi connectivity index (χ0) is 21.1. The molecule has 4 rings (SSSR count). The third-order valence-electron chi connectivity index (χ3n) is 5.02. The molecule has 1 unspecified atom stereocenters. The Balaban J connectivity index is 1.60. The molecule has 2 heterocycles. The van der Waals surface area contributed by atoms with Crippen LogP contribution in [0.25, 0.3) is 11.1 Å². The number of aliphatic imine (C=N–C) groups is 1. The lowest BCUT2D eigenvalue weighted by Crippen LogP contribution is -2.29. The second-order valence-electron chi connectivity index (χ2n) is 7.18. The highest BCUT2D eigenvalue weighted by Crippen LogP contribution is 2.37. The smallest absolute Gasteiger partial charge is 0.255 e.